The Morgan fingerprint density at radius 2 is 1.19 bits per heavy atom. The van der Waals surface area contributed by atoms with Gasteiger partial charge >= 0.3 is 59.7 Å². The van der Waals surface area contributed by atoms with Crippen molar-refractivity contribution < 1.29 is 112 Å². The molecule has 0 bridgehead atoms. The van der Waals surface area contributed by atoms with Crippen molar-refractivity contribution in [1.82, 2.24) is 0 Å². The van der Waals surface area contributed by atoms with Crippen molar-refractivity contribution in [2.45, 2.75) is 132 Å². The maximum Gasteiger partial charge on any atom is 0.460 e. The highest BCUT2D eigenvalue weighted by molar-refractivity contribution is 6.76. The van der Waals surface area contributed by atoms with Crippen molar-refractivity contribution >= 4 is 26.1 Å². The van der Waals surface area contributed by atoms with Crippen molar-refractivity contribution in [2.75, 3.05) is 25.1 Å². The van der Waals surface area contributed by atoms with Gasteiger partial charge < -0.3 is 18.6 Å². The van der Waals surface area contributed by atoms with Crippen LogP contribution in [-0.4, -0.2) is 87.8 Å². The van der Waals surface area contributed by atoms with Gasteiger partial charge in [0.25, 0.3) is 0 Å². The Hall–Kier alpha value is -4.43. The van der Waals surface area contributed by atoms with E-state index in [1.54, 1.807) is 13.8 Å². The van der Waals surface area contributed by atoms with Gasteiger partial charge in [0.1, 0.15) is 30.1 Å². The Labute approximate surface area is 377 Å². The minimum Gasteiger partial charge on any atom is -0.491 e. The summed E-state index contributed by atoms with van der Waals surface area (Å²) in [4.78, 5) is 25.0. The van der Waals surface area contributed by atoms with Gasteiger partial charge in [-0.15, -0.1) is 0 Å². The molecule has 0 radical (unpaired) electrons. The van der Waals surface area contributed by atoms with E-state index in [1.165, 1.54) is 65.0 Å². The highest BCUT2D eigenvalue weighted by Crippen LogP contribution is 2.64. The number of alkyl halides is 17. The zero-order valence-corrected chi connectivity index (χ0v) is 37.8. The molecule has 27 heteroatoms. The number of benzene rings is 2. The minimum atomic E-state index is -8.72. The fourth-order valence-electron chi connectivity index (χ4n) is 6.67. The SMILES string of the molecule is CCOC(=O)/C(C)=C/C[C@H](C)[C@@H](OC(=O)Nc1ccc(F)cc1F)c1ccc(OCCO[Si](CCC(F)(F)C(F)(F)C(F)(F)C(F)(F)C(F)(F)C(F)(F)C(F)(F)C(F)(F)F)(C(C)C)C(C)C)cc1. The Morgan fingerprint density at radius 3 is 1.66 bits per heavy atom. The topological polar surface area (TPSA) is 83.1 Å². The molecule has 1 amide bonds. The van der Waals surface area contributed by atoms with Gasteiger partial charge in [0.15, 0.2) is 8.32 Å². The first-order valence-electron chi connectivity index (χ1n) is 20.1. The normalized spacial score (nSPS) is 15.1. The molecule has 388 valence electrons. The molecule has 0 aliphatic carbocycles. The molecule has 0 saturated heterocycles. The van der Waals surface area contributed by atoms with Crippen LogP contribution >= 0.6 is 0 Å². The van der Waals surface area contributed by atoms with E-state index in [9.17, 15) is 84.2 Å². The van der Waals surface area contributed by atoms with Crippen LogP contribution in [0.5, 0.6) is 5.75 Å². The second-order valence-corrected chi connectivity index (χ2v) is 21.1. The number of amides is 1. The molecule has 1 N–H and O–H groups in total. The number of hydrogen-bond donors (Lipinski definition) is 1. The summed E-state index contributed by atoms with van der Waals surface area (Å²) in [6.07, 6.45) is -11.1. The van der Waals surface area contributed by atoms with Crippen LogP contribution in [0, 0.1) is 17.6 Å². The van der Waals surface area contributed by atoms with Crippen LogP contribution in [0.15, 0.2) is 54.1 Å². The minimum absolute atomic E-state index is 0.0470. The van der Waals surface area contributed by atoms with E-state index in [-0.39, 0.29) is 24.4 Å². The molecular formula is C41H46F19NO6Si. The number of anilines is 1. The fraction of sp³-hybridized carbons (Fsp3) is 0.610. The second kappa shape index (κ2) is 21.7. The number of carbonyl (C=O) groups excluding carboxylic acids is 2. The second-order valence-electron chi connectivity index (χ2n) is 16.1. The van der Waals surface area contributed by atoms with E-state index >= 15 is 8.78 Å². The highest BCUT2D eigenvalue weighted by atomic mass is 28.4. The van der Waals surface area contributed by atoms with Gasteiger partial charge in [-0.3, -0.25) is 5.32 Å². The van der Waals surface area contributed by atoms with Crippen LogP contribution in [0.2, 0.25) is 17.1 Å². The molecule has 2 aromatic carbocycles. The number of esters is 1. The first-order chi connectivity index (χ1) is 30.7. The lowest BCUT2D eigenvalue weighted by molar-refractivity contribution is -0.461. The molecule has 0 aliphatic rings. The third-order valence-corrected chi connectivity index (χ3v) is 16.5. The molecule has 7 nitrogen and oxygen atoms in total. The molecular weight excluding hydrogens is 992 g/mol. The molecule has 2 rings (SSSR count). The van der Waals surface area contributed by atoms with Crippen molar-refractivity contribution in [1.29, 1.82) is 0 Å². The Bertz CT molecular complexity index is 2040. The third-order valence-electron chi connectivity index (χ3n) is 10.8. The first-order valence-corrected chi connectivity index (χ1v) is 22.4. The average Bonchev–Trinajstić information content (AvgIpc) is 3.21. The number of carbonyl (C=O) groups is 2. The summed E-state index contributed by atoms with van der Waals surface area (Å²) in [6, 6.07) is 6.39. The van der Waals surface area contributed by atoms with E-state index in [0.717, 1.165) is 12.1 Å². The Balaban J connectivity index is 2.33. The zero-order valence-electron chi connectivity index (χ0n) is 36.8. The number of nitrogens with one attached hydrogen (secondary N) is 1. The summed E-state index contributed by atoms with van der Waals surface area (Å²) in [6.45, 7) is 8.87. The van der Waals surface area contributed by atoms with Gasteiger partial charge in [-0.1, -0.05) is 52.8 Å². The highest BCUT2D eigenvalue weighted by Gasteiger charge is 2.95. The smallest absolute Gasteiger partial charge is 0.460 e. The lowest BCUT2D eigenvalue weighted by Crippen LogP contribution is -2.74. The van der Waals surface area contributed by atoms with E-state index in [4.69, 9.17) is 18.6 Å². The number of rotatable bonds is 24. The maximum atomic E-state index is 15.0. The number of allylic oxidation sites excluding steroid dienone is 1. The molecule has 2 aromatic rings. The third kappa shape index (κ3) is 12.1. The summed E-state index contributed by atoms with van der Waals surface area (Å²) in [5, 5.41) is 2.15. The molecule has 0 fully saturated rings. The van der Waals surface area contributed by atoms with Gasteiger partial charge in [0.2, 0.25) is 0 Å². The van der Waals surface area contributed by atoms with Gasteiger partial charge in [-0.05, 0) is 67.2 Å². The predicted octanol–water partition coefficient (Wildman–Crippen LogP) is 14.4. The Morgan fingerprint density at radius 1 is 0.691 bits per heavy atom. The van der Waals surface area contributed by atoms with E-state index in [2.05, 4.69) is 5.32 Å². The molecule has 0 saturated carbocycles. The maximum absolute atomic E-state index is 15.0. The molecule has 0 unspecified atom stereocenters. The van der Waals surface area contributed by atoms with Gasteiger partial charge in [-0.25, -0.2) is 18.4 Å². The van der Waals surface area contributed by atoms with Gasteiger partial charge in [0.05, 0.1) is 18.9 Å². The molecule has 2 atom stereocenters. The van der Waals surface area contributed by atoms with Crippen LogP contribution in [0.1, 0.15) is 73.0 Å². The van der Waals surface area contributed by atoms with E-state index < -0.39 is 134 Å². The van der Waals surface area contributed by atoms with Crippen LogP contribution < -0.4 is 10.1 Å². The lowest BCUT2D eigenvalue weighted by atomic mass is 9.88. The van der Waals surface area contributed by atoms with Crippen molar-refractivity contribution in [2.24, 2.45) is 5.92 Å². The molecule has 0 heterocycles. The summed E-state index contributed by atoms with van der Waals surface area (Å²) >= 11 is 0. The van der Waals surface area contributed by atoms with E-state index in [0.29, 0.717) is 11.6 Å². The van der Waals surface area contributed by atoms with Gasteiger partial charge in [0, 0.05) is 24.0 Å². The number of hydrogen-bond acceptors (Lipinski definition) is 6. The van der Waals surface area contributed by atoms with Crippen molar-refractivity contribution in [3.8, 4) is 5.75 Å². The number of halogens is 19. The molecule has 0 spiro atoms. The quantitative estimate of drug-likeness (QED) is 0.0371. The van der Waals surface area contributed by atoms with Crippen molar-refractivity contribution in [3.05, 3.63) is 71.3 Å². The summed E-state index contributed by atoms with van der Waals surface area (Å²) < 4.78 is 286. The fourth-order valence-corrected chi connectivity index (χ4v) is 11.1. The van der Waals surface area contributed by atoms with Crippen molar-refractivity contribution in [3.63, 3.8) is 0 Å². The lowest BCUT2D eigenvalue weighted by Gasteiger charge is -2.44. The molecule has 0 aliphatic heterocycles. The molecule has 68 heavy (non-hydrogen) atoms. The first kappa shape index (κ1) is 59.7. The van der Waals surface area contributed by atoms with Gasteiger partial charge in [-0.2, -0.15) is 74.6 Å². The van der Waals surface area contributed by atoms with Crippen LogP contribution in [0.25, 0.3) is 0 Å². The summed E-state index contributed by atoms with van der Waals surface area (Å²) in [5.41, 5.74) is -1.76. The van der Waals surface area contributed by atoms with Crippen LogP contribution in [-0.2, 0) is 18.7 Å². The standard InChI is InChI=1S/C41H46F19NO6Si/c1-8-64-32(62)25(7)10-9-24(6)31(67-33(63)61-30-16-13-27(42)21-29(30)43)26-11-14-28(15-12-26)65-18-19-66-68(22(2)3,23(4)5)20-17-34(44,45)35(46,47)36(48,49)37(50,51)38(52,53)39(54,55)40(56,57)41(58,59)60/h10-16,21-24,31H,8-9,17-20H2,1-7H3,(H,61,63)/b25-10+/t24-,31+/m0/s1. The zero-order chi connectivity index (χ0) is 52.9. The number of ether oxygens (including phenoxy) is 3. The largest absolute Gasteiger partial charge is 0.491 e. The van der Waals surface area contributed by atoms with E-state index in [1.807, 2.05) is 0 Å². The monoisotopic (exact) mass is 1040 g/mol. The average molecular weight is 1040 g/mol. The predicted molar refractivity (Wildman–Crippen MR) is 207 cm³/mol. The Kier molecular flexibility index (Phi) is 19.0. The van der Waals surface area contributed by atoms with Crippen LogP contribution in [0.4, 0.5) is 93.9 Å². The van der Waals surface area contributed by atoms with Crippen LogP contribution in [0.3, 0.4) is 0 Å². The summed E-state index contributed by atoms with van der Waals surface area (Å²) in [7, 11) is -4.06. The summed E-state index contributed by atoms with van der Waals surface area (Å²) in [5.74, 6) is -60.2. The molecule has 0 aromatic heterocycles.